The largest absolute Gasteiger partial charge is 0.482 e. The molecule has 1 saturated heterocycles. The Morgan fingerprint density at radius 3 is 2.62 bits per heavy atom. The number of anilines is 1. The van der Waals surface area contributed by atoms with Crippen LogP contribution < -0.4 is 10.1 Å². The number of aryl methyl sites for hydroxylation is 2. The van der Waals surface area contributed by atoms with Crippen LogP contribution in [0.4, 0.5) is 5.69 Å². The Morgan fingerprint density at radius 1 is 1.06 bits per heavy atom. The van der Waals surface area contributed by atoms with Crippen LogP contribution in [0.5, 0.6) is 5.75 Å². The Kier molecular flexibility index (Phi) is 4.96. The van der Waals surface area contributed by atoms with E-state index in [-0.39, 0.29) is 30.1 Å². The van der Waals surface area contributed by atoms with Crippen LogP contribution in [0, 0.1) is 19.8 Å². The first-order valence-electron chi connectivity index (χ1n) is 10.9. The van der Waals surface area contributed by atoms with Gasteiger partial charge in [-0.05, 0) is 68.1 Å². The van der Waals surface area contributed by atoms with Crippen molar-refractivity contribution in [3.05, 3.63) is 58.8 Å². The van der Waals surface area contributed by atoms with E-state index >= 15 is 0 Å². The zero-order chi connectivity index (χ0) is 22.4. The molecule has 0 spiro atoms. The van der Waals surface area contributed by atoms with Crippen molar-refractivity contribution in [2.45, 2.75) is 26.7 Å². The van der Waals surface area contributed by atoms with Gasteiger partial charge < -0.3 is 19.9 Å². The molecule has 7 heteroatoms. The van der Waals surface area contributed by atoms with Crippen molar-refractivity contribution in [3.63, 3.8) is 0 Å². The Hall–Kier alpha value is -3.61. The van der Waals surface area contributed by atoms with Gasteiger partial charge in [-0.25, -0.2) is 0 Å². The number of nitrogens with one attached hydrogen (secondary N) is 2. The molecule has 0 aliphatic carbocycles. The smallest absolute Gasteiger partial charge is 0.270 e. The molecule has 2 aromatic carbocycles. The molecule has 1 aromatic heterocycles. The fourth-order valence-corrected chi connectivity index (χ4v) is 4.56. The maximum absolute atomic E-state index is 13.1. The van der Waals surface area contributed by atoms with Crippen LogP contribution in [-0.2, 0) is 4.79 Å². The summed E-state index contributed by atoms with van der Waals surface area (Å²) in [6.45, 7) is 5.19. The lowest BCUT2D eigenvalue weighted by Crippen LogP contribution is -2.40. The van der Waals surface area contributed by atoms with Gasteiger partial charge in [-0.2, -0.15) is 0 Å². The topological polar surface area (TPSA) is 91.5 Å². The van der Waals surface area contributed by atoms with Crippen LogP contribution in [0.15, 0.2) is 36.4 Å². The summed E-state index contributed by atoms with van der Waals surface area (Å²) in [7, 11) is 0. The van der Waals surface area contributed by atoms with Crippen LogP contribution >= 0.6 is 0 Å². The highest BCUT2D eigenvalue weighted by atomic mass is 16.5. The molecule has 2 N–H and O–H groups in total. The summed E-state index contributed by atoms with van der Waals surface area (Å²) in [4.78, 5) is 42.7. The molecule has 3 heterocycles. The molecule has 5 rings (SSSR count). The SMILES string of the molecule is Cc1ccc2[nH]c(C(=O)N3CCC(C(=O)c4ccc5c(c4)NC(=O)CO5)CC3)cc2c1C. The van der Waals surface area contributed by atoms with Crippen molar-refractivity contribution in [1.29, 1.82) is 0 Å². The predicted molar refractivity (Wildman–Crippen MR) is 121 cm³/mol. The second-order valence-electron chi connectivity index (χ2n) is 8.63. The molecule has 0 bridgehead atoms. The van der Waals surface area contributed by atoms with Gasteiger partial charge >= 0.3 is 0 Å². The van der Waals surface area contributed by atoms with Crippen molar-refractivity contribution in [3.8, 4) is 5.75 Å². The van der Waals surface area contributed by atoms with Gasteiger partial charge in [0.15, 0.2) is 12.4 Å². The maximum atomic E-state index is 13.1. The average molecular weight is 431 g/mol. The molecule has 2 aliphatic heterocycles. The Bertz CT molecular complexity index is 1250. The van der Waals surface area contributed by atoms with E-state index in [9.17, 15) is 14.4 Å². The van der Waals surface area contributed by atoms with E-state index in [0.29, 0.717) is 48.6 Å². The number of fused-ring (bicyclic) bond motifs is 2. The molecule has 1 fully saturated rings. The van der Waals surface area contributed by atoms with E-state index in [1.807, 2.05) is 17.0 Å². The summed E-state index contributed by atoms with van der Waals surface area (Å²) in [5, 5.41) is 3.82. The number of H-pyrrole nitrogens is 1. The first-order valence-corrected chi connectivity index (χ1v) is 10.9. The highest BCUT2D eigenvalue weighted by molar-refractivity contribution is 6.02. The Labute approximate surface area is 185 Å². The lowest BCUT2D eigenvalue weighted by molar-refractivity contribution is -0.118. The number of piperidine rings is 1. The van der Waals surface area contributed by atoms with E-state index in [1.165, 1.54) is 11.1 Å². The molecular formula is C25H25N3O4. The van der Waals surface area contributed by atoms with Gasteiger partial charge in [0.25, 0.3) is 11.8 Å². The number of ketones is 1. The number of carbonyl (C=O) groups excluding carboxylic acids is 3. The normalized spacial score (nSPS) is 16.4. The third kappa shape index (κ3) is 3.53. The molecule has 7 nitrogen and oxygen atoms in total. The maximum Gasteiger partial charge on any atom is 0.270 e. The van der Waals surface area contributed by atoms with Gasteiger partial charge in [-0.1, -0.05) is 6.07 Å². The minimum atomic E-state index is -0.226. The number of aromatic nitrogens is 1. The molecular weight excluding hydrogens is 406 g/mol. The summed E-state index contributed by atoms with van der Waals surface area (Å²) in [5.41, 5.74) is 5.01. The average Bonchev–Trinajstić information content (AvgIpc) is 3.25. The number of hydrogen-bond donors (Lipinski definition) is 2. The standard InChI is InChI=1S/C25H25N3O4/c1-14-3-5-19-18(15(14)2)12-21(26-19)25(31)28-9-7-16(8-10-28)24(30)17-4-6-22-20(11-17)27-23(29)13-32-22/h3-6,11-12,16,26H,7-10,13H2,1-2H3,(H,27,29). The number of carbonyl (C=O) groups is 3. The van der Waals surface area contributed by atoms with Gasteiger partial charge in [0.2, 0.25) is 0 Å². The highest BCUT2D eigenvalue weighted by Crippen LogP contribution is 2.31. The van der Waals surface area contributed by atoms with Crippen molar-refractivity contribution in [2.24, 2.45) is 5.92 Å². The summed E-state index contributed by atoms with van der Waals surface area (Å²) in [5.74, 6) is 0.209. The van der Waals surface area contributed by atoms with E-state index in [2.05, 4.69) is 30.2 Å². The minimum absolute atomic E-state index is 0.0116. The van der Waals surface area contributed by atoms with Gasteiger partial charge in [0, 0.05) is 35.5 Å². The lowest BCUT2D eigenvalue weighted by atomic mass is 9.88. The summed E-state index contributed by atoms with van der Waals surface area (Å²) < 4.78 is 5.36. The second kappa shape index (κ2) is 7.82. The molecule has 32 heavy (non-hydrogen) atoms. The Morgan fingerprint density at radius 2 is 1.84 bits per heavy atom. The van der Waals surface area contributed by atoms with Crippen LogP contribution in [0.2, 0.25) is 0 Å². The fraction of sp³-hybridized carbons (Fsp3) is 0.320. The van der Waals surface area contributed by atoms with Gasteiger partial charge in [-0.3, -0.25) is 14.4 Å². The summed E-state index contributed by atoms with van der Waals surface area (Å²) in [6.07, 6.45) is 1.23. The number of aromatic amines is 1. The summed E-state index contributed by atoms with van der Waals surface area (Å²) >= 11 is 0. The van der Waals surface area contributed by atoms with E-state index in [1.54, 1.807) is 18.2 Å². The van der Waals surface area contributed by atoms with Crippen molar-refractivity contribution in [2.75, 3.05) is 25.0 Å². The second-order valence-corrected chi connectivity index (χ2v) is 8.63. The number of ether oxygens (including phenoxy) is 1. The number of nitrogens with zero attached hydrogens (tertiary/aromatic N) is 1. The zero-order valence-corrected chi connectivity index (χ0v) is 18.2. The fourth-order valence-electron chi connectivity index (χ4n) is 4.56. The van der Waals surface area contributed by atoms with E-state index in [0.717, 1.165) is 10.9 Å². The number of likely N-dealkylation sites (tertiary alicyclic amines) is 1. The van der Waals surface area contributed by atoms with Gasteiger partial charge in [-0.15, -0.1) is 0 Å². The lowest BCUT2D eigenvalue weighted by Gasteiger charge is -2.31. The molecule has 0 atom stereocenters. The quantitative estimate of drug-likeness (QED) is 0.616. The Balaban J connectivity index is 1.26. The van der Waals surface area contributed by atoms with Crippen molar-refractivity contribution < 1.29 is 19.1 Å². The summed E-state index contributed by atoms with van der Waals surface area (Å²) in [6, 6.07) is 11.1. The number of benzene rings is 2. The van der Waals surface area contributed by atoms with Crippen LogP contribution in [0.25, 0.3) is 10.9 Å². The molecule has 2 amide bonds. The van der Waals surface area contributed by atoms with Crippen LogP contribution in [0.1, 0.15) is 44.8 Å². The predicted octanol–water partition coefficient (Wildman–Crippen LogP) is 3.85. The molecule has 0 saturated carbocycles. The van der Waals surface area contributed by atoms with E-state index < -0.39 is 0 Å². The molecule has 3 aromatic rings. The van der Waals surface area contributed by atoms with Crippen molar-refractivity contribution >= 4 is 34.2 Å². The minimum Gasteiger partial charge on any atom is -0.482 e. The van der Waals surface area contributed by atoms with Crippen LogP contribution in [0.3, 0.4) is 0 Å². The number of Topliss-reactive ketones (excluding diaryl/α,β-unsaturated/α-hetero) is 1. The number of hydrogen-bond acceptors (Lipinski definition) is 4. The molecule has 2 aliphatic rings. The van der Waals surface area contributed by atoms with Crippen molar-refractivity contribution in [1.82, 2.24) is 9.88 Å². The molecule has 0 unspecified atom stereocenters. The van der Waals surface area contributed by atoms with E-state index in [4.69, 9.17) is 4.74 Å². The number of amides is 2. The molecule has 164 valence electrons. The first kappa shape index (κ1) is 20.3. The molecule has 0 radical (unpaired) electrons. The first-order chi connectivity index (χ1) is 15.4. The zero-order valence-electron chi connectivity index (χ0n) is 18.2. The van der Waals surface area contributed by atoms with Gasteiger partial charge in [0.1, 0.15) is 11.4 Å². The monoisotopic (exact) mass is 431 g/mol. The third-order valence-electron chi connectivity index (χ3n) is 6.62. The van der Waals surface area contributed by atoms with Gasteiger partial charge in [0.05, 0.1) is 5.69 Å². The number of rotatable bonds is 3. The third-order valence-corrected chi connectivity index (χ3v) is 6.62. The highest BCUT2D eigenvalue weighted by Gasteiger charge is 2.30. The van der Waals surface area contributed by atoms with Crippen LogP contribution in [-0.4, -0.2) is 47.2 Å².